The van der Waals surface area contributed by atoms with Crippen LogP contribution in [-0.2, 0) is 6.54 Å². The second-order valence-corrected chi connectivity index (χ2v) is 7.06. The smallest absolute Gasteiger partial charge is 0.251 e. The number of hydrogen-bond acceptors (Lipinski definition) is 7. The van der Waals surface area contributed by atoms with Crippen molar-refractivity contribution in [2.24, 2.45) is 10.8 Å². The third kappa shape index (κ3) is 5.47. The number of pyridine rings is 1. The molecule has 164 valence electrons. The Morgan fingerprint density at radius 1 is 0.970 bits per heavy atom. The number of nitrogens with two attached hydrogens (primary N) is 2. The van der Waals surface area contributed by atoms with E-state index in [9.17, 15) is 4.79 Å². The van der Waals surface area contributed by atoms with Crippen LogP contribution in [0.3, 0.4) is 0 Å². The SMILES string of the molecule is NC(=NNc1ccccn1)c1nc(-c2cccc(C(=O)NCc3ccccc3)c2)cnc1N. The molecule has 2 aromatic carbocycles. The number of nitrogens with zero attached hydrogens (tertiary/aromatic N) is 4. The quantitative estimate of drug-likeness (QED) is 0.197. The van der Waals surface area contributed by atoms with E-state index in [-0.39, 0.29) is 23.3 Å². The average Bonchev–Trinajstić information content (AvgIpc) is 2.87. The summed E-state index contributed by atoms with van der Waals surface area (Å²) < 4.78 is 0. The molecule has 0 saturated heterocycles. The van der Waals surface area contributed by atoms with Crippen molar-refractivity contribution in [3.8, 4) is 11.3 Å². The van der Waals surface area contributed by atoms with Gasteiger partial charge in [0.05, 0.1) is 11.9 Å². The summed E-state index contributed by atoms with van der Waals surface area (Å²) in [5.41, 5.74) is 17.8. The first kappa shape index (κ1) is 21.4. The summed E-state index contributed by atoms with van der Waals surface area (Å²) in [6, 6.07) is 22.2. The summed E-state index contributed by atoms with van der Waals surface area (Å²) in [4.78, 5) is 25.4. The molecule has 4 rings (SSSR count). The van der Waals surface area contributed by atoms with E-state index in [4.69, 9.17) is 11.5 Å². The number of anilines is 2. The molecule has 1 amide bonds. The van der Waals surface area contributed by atoms with Gasteiger partial charge in [-0.2, -0.15) is 5.10 Å². The van der Waals surface area contributed by atoms with Gasteiger partial charge in [-0.05, 0) is 29.8 Å². The Morgan fingerprint density at radius 3 is 2.58 bits per heavy atom. The van der Waals surface area contributed by atoms with E-state index >= 15 is 0 Å². The summed E-state index contributed by atoms with van der Waals surface area (Å²) in [7, 11) is 0. The van der Waals surface area contributed by atoms with E-state index in [1.54, 1.807) is 36.5 Å². The lowest BCUT2D eigenvalue weighted by atomic mass is 10.1. The van der Waals surface area contributed by atoms with E-state index in [2.05, 4.69) is 30.8 Å². The Morgan fingerprint density at radius 2 is 1.79 bits per heavy atom. The Kier molecular flexibility index (Phi) is 6.51. The number of nitrogen functional groups attached to an aromatic ring is 1. The third-order valence-electron chi connectivity index (χ3n) is 4.72. The monoisotopic (exact) mass is 438 g/mol. The predicted molar refractivity (Wildman–Crippen MR) is 128 cm³/mol. The normalized spacial score (nSPS) is 11.1. The largest absolute Gasteiger partial charge is 0.382 e. The average molecular weight is 438 g/mol. The number of amides is 1. The highest BCUT2D eigenvalue weighted by molar-refractivity contribution is 6.00. The number of aromatic nitrogens is 3. The number of carbonyl (C=O) groups is 1. The van der Waals surface area contributed by atoms with Crippen molar-refractivity contribution in [1.82, 2.24) is 20.3 Å². The second kappa shape index (κ2) is 10.0. The zero-order chi connectivity index (χ0) is 23.0. The summed E-state index contributed by atoms with van der Waals surface area (Å²) >= 11 is 0. The van der Waals surface area contributed by atoms with Crippen LogP contribution in [0.2, 0.25) is 0 Å². The molecule has 2 aromatic heterocycles. The fraction of sp³-hybridized carbons (Fsp3) is 0.0417. The molecular formula is C24H22N8O. The van der Waals surface area contributed by atoms with Gasteiger partial charge in [0.1, 0.15) is 11.5 Å². The van der Waals surface area contributed by atoms with Crippen LogP contribution in [0.4, 0.5) is 11.6 Å². The summed E-state index contributed by atoms with van der Waals surface area (Å²) in [5, 5.41) is 7.01. The van der Waals surface area contributed by atoms with Crippen molar-refractivity contribution >= 4 is 23.4 Å². The maximum atomic E-state index is 12.6. The van der Waals surface area contributed by atoms with Gasteiger partial charge in [0.15, 0.2) is 11.7 Å². The van der Waals surface area contributed by atoms with Crippen LogP contribution in [0.15, 0.2) is 90.3 Å². The fourth-order valence-corrected chi connectivity index (χ4v) is 3.03. The van der Waals surface area contributed by atoms with E-state index in [0.717, 1.165) is 5.56 Å². The molecule has 4 aromatic rings. The molecule has 0 bridgehead atoms. The molecule has 0 aliphatic rings. The predicted octanol–water partition coefficient (Wildman–Crippen LogP) is 2.78. The number of nitrogens with one attached hydrogen (secondary N) is 2. The lowest BCUT2D eigenvalue weighted by Crippen LogP contribution is -2.22. The molecule has 2 heterocycles. The van der Waals surface area contributed by atoms with Gasteiger partial charge in [-0.25, -0.2) is 15.0 Å². The van der Waals surface area contributed by atoms with Gasteiger partial charge >= 0.3 is 0 Å². The minimum Gasteiger partial charge on any atom is -0.382 e. The van der Waals surface area contributed by atoms with Crippen molar-refractivity contribution < 1.29 is 4.79 Å². The Balaban J connectivity index is 1.52. The van der Waals surface area contributed by atoms with Crippen LogP contribution >= 0.6 is 0 Å². The van der Waals surface area contributed by atoms with Gasteiger partial charge in [-0.3, -0.25) is 10.2 Å². The second-order valence-electron chi connectivity index (χ2n) is 7.06. The van der Waals surface area contributed by atoms with Gasteiger partial charge in [-0.15, -0.1) is 0 Å². The molecule has 0 spiro atoms. The highest BCUT2D eigenvalue weighted by Gasteiger charge is 2.13. The molecule has 0 aliphatic carbocycles. The number of hydrazone groups is 1. The minimum absolute atomic E-state index is 0.0595. The van der Waals surface area contributed by atoms with Crippen LogP contribution in [-0.4, -0.2) is 26.7 Å². The molecule has 9 heteroatoms. The molecule has 9 nitrogen and oxygen atoms in total. The Labute approximate surface area is 190 Å². The number of carbonyl (C=O) groups excluding carboxylic acids is 1. The summed E-state index contributed by atoms with van der Waals surface area (Å²) in [5.74, 6) is 0.533. The molecule has 0 aliphatic heterocycles. The molecule has 0 radical (unpaired) electrons. The van der Waals surface area contributed by atoms with Crippen LogP contribution < -0.4 is 22.2 Å². The minimum atomic E-state index is -0.190. The molecule has 33 heavy (non-hydrogen) atoms. The highest BCUT2D eigenvalue weighted by atomic mass is 16.1. The third-order valence-corrected chi connectivity index (χ3v) is 4.72. The topological polar surface area (TPSA) is 144 Å². The molecule has 0 atom stereocenters. The van der Waals surface area contributed by atoms with Gasteiger partial charge in [-0.1, -0.05) is 48.5 Å². The number of rotatable bonds is 7. The van der Waals surface area contributed by atoms with Crippen LogP contribution in [0.1, 0.15) is 21.6 Å². The van der Waals surface area contributed by atoms with Crippen molar-refractivity contribution in [3.63, 3.8) is 0 Å². The molecular weight excluding hydrogens is 416 g/mol. The maximum absolute atomic E-state index is 12.6. The van der Waals surface area contributed by atoms with Gasteiger partial charge in [0.25, 0.3) is 5.91 Å². The van der Waals surface area contributed by atoms with E-state index in [0.29, 0.717) is 29.2 Å². The zero-order valence-electron chi connectivity index (χ0n) is 17.6. The Bertz CT molecular complexity index is 1280. The van der Waals surface area contributed by atoms with E-state index in [1.807, 2.05) is 42.5 Å². The first-order valence-electron chi connectivity index (χ1n) is 10.2. The van der Waals surface area contributed by atoms with Crippen molar-refractivity contribution in [1.29, 1.82) is 0 Å². The molecule has 6 N–H and O–H groups in total. The first-order chi connectivity index (χ1) is 16.1. The lowest BCUT2D eigenvalue weighted by molar-refractivity contribution is 0.0951. The highest BCUT2D eigenvalue weighted by Crippen LogP contribution is 2.20. The van der Waals surface area contributed by atoms with Crippen LogP contribution in [0, 0.1) is 0 Å². The lowest BCUT2D eigenvalue weighted by Gasteiger charge is -2.09. The standard InChI is InChI=1S/C24H22N8O/c25-22-21(23(26)32-31-20-11-4-5-12-27-20)30-19(15-28-22)17-9-6-10-18(13-17)24(33)29-14-16-7-2-1-3-8-16/h1-13,15H,14H2,(H2,25,28)(H2,26,32)(H,27,31)(H,29,33). The number of benzene rings is 2. The van der Waals surface area contributed by atoms with Crippen molar-refractivity contribution in [2.45, 2.75) is 6.54 Å². The zero-order valence-corrected chi connectivity index (χ0v) is 17.6. The van der Waals surface area contributed by atoms with Crippen molar-refractivity contribution in [3.05, 3.63) is 102 Å². The van der Waals surface area contributed by atoms with E-state index < -0.39 is 0 Å². The van der Waals surface area contributed by atoms with Gasteiger partial charge in [0, 0.05) is 23.9 Å². The van der Waals surface area contributed by atoms with Gasteiger partial charge in [0.2, 0.25) is 0 Å². The summed E-state index contributed by atoms with van der Waals surface area (Å²) in [6.45, 7) is 0.437. The maximum Gasteiger partial charge on any atom is 0.251 e. The van der Waals surface area contributed by atoms with Crippen molar-refractivity contribution in [2.75, 3.05) is 11.2 Å². The molecule has 0 fully saturated rings. The van der Waals surface area contributed by atoms with E-state index in [1.165, 1.54) is 6.20 Å². The van der Waals surface area contributed by atoms with Gasteiger partial charge < -0.3 is 16.8 Å². The first-order valence-corrected chi connectivity index (χ1v) is 10.2. The van der Waals surface area contributed by atoms with Crippen LogP contribution in [0.25, 0.3) is 11.3 Å². The van der Waals surface area contributed by atoms with Crippen LogP contribution in [0.5, 0.6) is 0 Å². The molecule has 0 saturated carbocycles. The molecule has 0 unspecified atom stereocenters. The number of amidine groups is 1. The Hall–Kier alpha value is -4.79. The summed E-state index contributed by atoms with van der Waals surface area (Å²) in [6.07, 6.45) is 3.16. The number of hydrogen-bond donors (Lipinski definition) is 4. The fourth-order valence-electron chi connectivity index (χ4n) is 3.03.